The van der Waals surface area contributed by atoms with Crippen molar-refractivity contribution in [2.24, 2.45) is 10.9 Å². The van der Waals surface area contributed by atoms with Gasteiger partial charge in [0.2, 0.25) is 0 Å². The van der Waals surface area contributed by atoms with E-state index in [9.17, 15) is 0 Å². The fourth-order valence-electron chi connectivity index (χ4n) is 3.38. The van der Waals surface area contributed by atoms with Crippen LogP contribution in [0.1, 0.15) is 31.7 Å². The Morgan fingerprint density at radius 2 is 1.97 bits per heavy atom. The molecular weight excluding hydrogens is 364 g/mol. The van der Waals surface area contributed by atoms with Crippen molar-refractivity contribution < 1.29 is 9.47 Å². The Morgan fingerprint density at radius 1 is 1.21 bits per heavy atom. The number of rotatable bonds is 12. The van der Waals surface area contributed by atoms with Crippen molar-refractivity contribution in [2.75, 3.05) is 60.2 Å². The standard InChI is InChI=1S/C23H40N4O2/c1-4-24-23(25-13-8-14-29-19-21-11-15-28-16-12-21)26-18-22(27(2)3)17-20-9-6-5-7-10-20/h5-7,9-10,21-22H,4,8,11-19H2,1-3H3,(H2,24,25,26). The average molecular weight is 405 g/mol. The van der Waals surface area contributed by atoms with Crippen LogP contribution >= 0.6 is 0 Å². The molecule has 1 saturated heterocycles. The Labute approximate surface area is 177 Å². The van der Waals surface area contributed by atoms with Crippen LogP contribution in [0.15, 0.2) is 35.3 Å². The molecule has 0 amide bonds. The predicted molar refractivity (Wildman–Crippen MR) is 121 cm³/mol. The highest BCUT2D eigenvalue weighted by Gasteiger charge is 2.14. The summed E-state index contributed by atoms with van der Waals surface area (Å²) in [5.74, 6) is 1.56. The highest BCUT2D eigenvalue weighted by Crippen LogP contribution is 2.14. The van der Waals surface area contributed by atoms with Crippen molar-refractivity contribution in [1.29, 1.82) is 0 Å². The minimum Gasteiger partial charge on any atom is -0.381 e. The molecule has 0 spiro atoms. The van der Waals surface area contributed by atoms with Gasteiger partial charge in [-0.2, -0.15) is 0 Å². The topological polar surface area (TPSA) is 58.1 Å². The van der Waals surface area contributed by atoms with E-state index >= 15 is 0 Å². The smallest absolute Gasteiger partial charge is 0.191 e. The zero-order valence-electron chi connectivity index (χ0n) is 18.5. The zero-order valence-corrected chi connectivity index (χ0v) is 18.5. The summed E-state index contributed by atoms with van der Waals surface area (Å²) in [5.41, 5.74) is 1.35. The van der Waals surface area contributed by atoms with Gasteiger partial charge in [-0.15, -0.1) is 0 Å². The van der Waals surface area contributed by atoms with Gasteiger partial charge in [0.1, 0.15) is 0 Å². The van der Waals surface area contributed by atoms with Gasteiger partial charge in [-0.05, 0) is 58.2 Å². The van der Waals surface area contributed by atoms with E-state index in [-0.39, 0.29) is 0 Å². The minimum atomic E-state index is 0.371. The molecule has 1 heterocycles. The molecule has 0 bridgehead atoms. The highest BCUT2D eigenvalue weighted by molar-refractivity contribution is 5.79. The summed E-state index contributed by atoms with van der Waals surface area (Å²) < 4.78 is 11.2. The van der Waals surface area contributed by atoms with E-state index in [0.29, 0.717) is 12.0 Å². The molecule has 29 heavy (non-hydrogen) atoms. The Hall–Kier alpha value is -1.63. The predicted octanol–water partition coefficient (Wildman–Crippen LogP) is 2.55. The first-order valence-corrected chi connectivity index (χ1v) is 11.1. The third-order valence-corrected chi connectivity index (χ3v) is 5.30. The maximum absolute atomic E-state index is 5.85. The van der Waals surface area contributed by atoms with Crippen LogP contribution in [0.4, 0.5) is 0 Å². The second-order valence-electron chi connectivity index (χ2n) is 7.94. The zero-order chi connectivity index (χ0) is 20.7. The van der Waals surface area contributed by atoms with Crippen molar-refractivity contribution in [1.82, 2.24) is 15.5 Å². The minimum absolute atomic E-state index is 0.371. The van der Waals surface area contributed by atoms with E-state index in [2.05, 4.69) is 66.9 Å². The number of ether oxygens (including phenoxy) is 2. The van der Waals surface area contributed by atoms with Gasteiger partial charge < -0.3 is 25.0 Å². The van der Waals surface area contributed by atoms with Crippen LogP contribution in [-0.4, -0.2) is 77.1 Å². The molecule has 164 valence electrons. The van der Waals surface area contributed by atoms with Crippen LogP contribution in [0.3, 0.4) is 0 Å². The summed E-state index contributed by atoms with van der Waals surface area (Å²) in [7, 11) is 4.25. The molecule has 1 aliphatic heterocycles. The summed E-state index contributed by atoms with van der Waals surface area (Å²) in [6.45, 7) is 8.01. The first kappa shape index (κ1) is 23.6. The number of hydrogen-bond donors (Lipinski definition) is 2. The van der Waals surface area contributed by atoms with Crippen LogP contribution in [0.2, 0.25) is 0 Å². The SMILES string of the molecule is CCNC(=NCC(Cc1ccccc1)N(C)C)NCCCOCC1CCOCC1. The monoisotopic (exact) mass is 404 g/mol. The quantitative estimate of drug-likeness (QED) is 0.319. The molecule has 6 nitrogen and oxygen atoms in total. The lowest BCUT2D eigenvalue weighted by Crippen LogP contribution is -2.40. The van der Waals surface area contributed by atoms with Gasteiger partial charge in [-0.3, -0.25) is 4.99 Å². The lowest BCUT2D eigenvalue weighted by molar-refractivity contribution is 0.0203. The molecule has 1 atom stereocenters. The lowest BCUT2D eigenvalue weighted by Gasteiger charge is -2.23. The van der Waals surface area contributed by atoms with E-state index in [0.717, 1.165) is 77.7 Å². The molecule has 2 rings (SSSR count). The second-order valence-corrected chi connectivity index (χ2v) is 7.94. The van der Waals surface area contributed by atoms with E-state index in [1.807, 2.05) is 0 Å². The van der Waals surface area contributed by atoms with Crippen LogP contribution in [0.5, 0.6) is 0 Å². The average Bonchev–Trinajstić information content (AvgIpc) is 2.74. The number of aliphatic imine (C=N–C) groups is 1. The van der Waals surface area contributed by atoms with Crippen molar-refractivity contribution in [3.63, 3.8) is 0 Å². The highest BCUT2D eigenvalue weighted by atomic mass is 16.5. The van der Waals surface area contributed by atoms with Crippen molar-refractivity contribution in [3.8, 4) is 0 Å². The Bertz CT molecular complexity index is 559. The van der Waals surface area contributed by atoms with Gasteiger partial charge in [-0.25, -0.2) is 0 Å². The van der Waals surface area contributed by atoms with Crippen LogP contribution < -0.4 is 10.6 Å². The van der Waals surface area contributed by atoms with Crippen molar-refractivity contribution >= 4 is 5.96 Å². The maximum Gasteiger partial charge on any atom is 0.191 e. The molecular formula is C23H40N4O2. The molecule has 0 radical (unpaired) electrons. The van der Waals surface area contributed by atoms with Gasteiger partial charge >= 0.3 is 0 Å². The first-order valence-electron chi connectivity index (χ1n) is 11.1. The normalized spacial score (nSPS) is 16.8. The number of benzene rings is 1. The first-order chi connectivity index (χ1) is 14.2. The molecule has 1 aliphatic rings. The summed E-state index contributed by atoms with van der Waals surface area (Å²) in [5, 5.41) is 6.79. The molecule has 1 fully saturated rings. The molecule has 1 unspecified atom stereocenters. The number of nitrogens with zero attached hydrogens (tertiary/aromatic N) is 2. The summed E-state index contributed by atoms with van der Waals surface area (Å²) >= 11 is 0. The number of hydrogen-bond acceptors (Lipinski definition) is 4. The Kier molecular flexibility index (Phi) is 11.7. The summed E-state index contributed by atoms with van der Waals surface area (Å²) in [6, 6.07) is 11.0. The van der Waals surface area contributed by atoms with E-state index in [1.165, 1.54) is 5.56 Å². The molecule has 6 heteroatoms. The van der Waals surface area contributed by atoms with Crippen LogP contribution in [0.25, 0.3) is 0 Å². The van der Waals surface area contributed by atoms with E-state index in [1.54, 1.807) is 0 Å². The lowest BCUT2D eigenvalue weighted by atomic mass is 10.0. The van der Waals surface area contributed by atoms with E-state index in [4.69, 9.17) is 14.5 Å². The second kappa shape index (κ2) is 14.4. The number of nitrogens with one attached hydrogen (secondary N) is 2. The Morgan fingerprint density at radius 3 is 2.66 bits per heavy atom. The molecule has 0 saturated carbocycles. The van der Waals surface area contributed by atoms with Gasteiger partial charge in [0, 0.05) is 45.6 Å². The van der Waals surface area contributed by atoms with Crippen LogP contribution in [0, 0.1) is 5.92 Å². The van der Waals surface area contributed by atoms with Gasteiger partial charge in [0.25, 0.3) is 0 Å². The van der Waals surface area contributed by atoms with Gasteiger partial charge in [0.15, 0.2) is 5.96 Å². The number of likely N-dealkylation sites (N-methyl/N-ethyl adjacent to an activating group) is 1. The fourth-order valence-corrected chi connectivity index (χ4v) is 3.38. The van der Waals surface area contributed by atoms with Gasteiger partial charge in [-0.1, -0.05) is 30.3 Å². The van der Waals surface area contributed by atoms with Crippen molar-refractivity contribution in [2.45, 2.75) is 38.6 Å². The largest absolute Gasteiger partial charge is 0.381 e. The summed E-state index contributed by atoms with van der Waals surface area (Å²) in [6.07, 6.45) is 4.24. The van der Waals surface area contributed by atoms with Gasteiger partial charge in [0.05, 0.1) is 6.54 Å². The third kappa shape index (κ3) is 10.1. The molecule has 0 aliphatic carbocycles. The van der Waals surface area contributed by atoms with Crippen LogP contribution in [-0.2, 0) is 15.9 Å². The molecule has 2 N–H and O–H groups in total. The summed E-state index contributed by atoms with van der Waals surface area (Å²) in [4.78, 5) is 7.07. The Balaban J connectivity index is 1.69. The fraction of sp³-hybridized carbons (Fsp3) is 0.696. The molecule has 1 aromatic carbocycles. The molecule has 1 aromatic rings. The van der Waals surface area contributed by atoms with E-state index < -0.39 is 0 Å². The number of guanidine groups is 1. The van der Waals surface area contributed by atoms with Crippen molar-refractivity contribution in [3.05, 3.63) is 35.9 Å². The third-order valence-electron chi connectivity index (χ3n) is 5.30. The molecule has 0 aromatic heterocycles. The maximum atomic E-state index is 5.85.